The van der Waals surface area contributed by atoms with Crippen LogP contribution in [0.15, 0.2) is 41.5 Å². The van der Waals surface area contributed by atoms with Crippen molar-refractivity contribution in [3.63, 3.8) is 0 Å². The van der Waals surface area contributed by atoms with Crippen molar-refractivity contribution in [1.29, 1.82) is 0 Å². The van der Waals surface area contributed by atoms with Gasteiger partial charge in [-0.3, -0.25) is 4.99 Å². The van der Waals surface area contributed by atoms with Crippen molar-refractivity contribution >= 4 is 17.5 Å². The summed E-state index contributed by atoms with van der Waals surface area (Å²) < 4.78 is 27.7. The highest BCUT2D eigenvalue weighted by molar-refractivity contribution is 5.80. The number of piperazine rings is 2. The zero-order valence-corrected chi connectivity index (χ0v) is 18.8. The van der Waals surface area contributed by atoms with E-state index in [9.17, 15) is 8.78 Å². The highest BCUT2D eigenvalue weighted by atomic mass is 19.1. The molecule has 0 amide bonds. The Kier molecular flexibility index (Phi) is 7.04. The van der Waals surface area contributed by atoms with Gasteiger partial charge in [-0.15, -0.1) is 0 Å². The summed E-state index contributed by atoms with van der Waals surface area (Å²) in [5.41, 5.74) is 1.46. The third kappa shape index (κ3) is 5.09. The topological polar surface area (TPSA) is 50.2 Å². The van der Waals surface area contributed by atoms with Crippen molar-refractivity contribution < 1.29 is 8.78 Å². The molecule has 0 unspecified atom stereocenters. The lowest BCUT2D eigenvalue weighted by Crippen LogP contribution is -2.52. The SMILES string of the molecule is CN=C(NCc1cccnc1N1CCN(C)CC1)N1CCN(c2cc(F)ccc2F)CC1. The Balaban J connectivity index is 1.36. The number of guanidine groups is 1. The molecule has 7 nitrogen and oxygen atoms in total. The van der Waals surface area contributed by atoms with E-state index in [-0.39, 0.29) is 0 Å². The maximum Gasteiger partial charge on any atom is 0.194 e. The molecule has 0 spiro atoms. The first kappa shape index (κ1) is 22.3. The quantitative estimate of drug-likeness (QED) is 0.576. The summed E-state index contributed by atoms with van der Waals surface area (Å²) in [7, 11) is 3.91. The van der Waals surface area contributed by atoms with Gasteiger partial charge in [0.2, 0.25) is 0 Å². The third-order valence-corrected chi connectivity index (χ3v) is 6.15. The second kappa shape index (κ2) is 10.1. The molecule has 0 atom stereocenters. The summed E-state index contributed by atoms with van der Waals surface area (Å²) in [6.45, 7) is 7.16. The van der Waals surface area contributed by atoms with Crippen LogP contribution in [0.1, 0.15) is 5.56 Å². The van der Waals surface area contributed by atoms with Crippen LogP contribution in [-0.2, 0) is 6.54 Å². The fraction of sp³-hybridized carbons (Fsp3) is 0.478. The predicted octanol–water partition coefficient (Wildman–Crippen LogP) is 2.01. The van der Waals surface area contributed by atoms with Gasteiger partial charge in [-0.05, 0) is 25.2 Å². The Morgan fingerprint density at radius 3 is 2.44 bits per heavy atom. The number of nitrogens with one attached hydrogen (secondary N) is 1. The molecule has 9 heteroatoms. The van der Waals surface area contributed by atoms with Crippen molar-refractivity contribution in [3.8, 4) is 0 Å². The number of pyridine rings is 1. The fourth-order valence-electron chi connectivity index (χ4n) is 4.27. The average molecular weight is 444 g/mol. The molecule has 2 fully saturated rings. The predicted molar refractivity (Wildman–Crippen MR) is 124 cm³/mol. The maximum absolute atomic E-state index is 14.1. The van der Waals surface area contributed by atoms with E-state index in [1.165, 1.54) is 12.1 Å². The molecular weight excluding hydrogens is 412 g/mol. The van der Waals surface area contributed by atoms with Crippen LogP contribution in [0.25, 0.3) is 0 Å². The molecule has 2 aliphatic heterocycles. The van der Waals surface area contributed by atoms with E-state index in [0.29, 0.717) is 38.4 Å². The van der Waals surface area contributed by atoms with Crippen LogP contribution in [-0.4, -0.2) is 87.2 Å². The van der Waals surface area contributed by atoms with Crippen molar-refractivity contribution in [2.45, 2.75) is 6.54 Å². The molecule has 32 heavy (non-hydrogen) atoms. The molecule has 2 aliphatic rings. The summed E-state index contributed by atoms with van der Waals surface area (Å²) in [5, 5.41) is 3.47. The smallest absolute Gasteiger partial charge is 0.194 e. The lowest BCUT2D eigenvalue weighted by Gasteiger charge is -2.38. The van der Waals surface area contributed by atoms with E-state index in [4.69, 9.17) is 0 Å². The van der Waals surface area contributed by atoms with Gasteiger partial charge in [0.05, 0.1) is 5.69 Å². The van der Waals surface area contributed by atoms with Gasteiger partial charge < -0.3 is 24.9 Å². The third-order valence-electron chi connectivity index (χ3n) is 6.15. The Bertz CT molecular complexity index is 936. The highest BCUT2D eigenvalue weighted by Crippen LogP contribution is 2.22. The minimum absolute atomic E-state index is 0.319. The Labute approximate surface area is 188 Å². The summed E-state index contributed by atoms with van der Waals surface area (Å²) in [6, 6.07) is 7.66. The minimum atomic E-state index is -0.422. The van der Waals surface area contributed by atoms with Gasteiger partial charge in [-0.2, -0.15) is 0 Å². The monoisotopic (exact) mass is 443 g/mol. The van der Waals surface area contributed by atoms with E-state index in [0.717, 1.165) is 49.6 Å². The first-order chi connectivity index (χ1) is 15.5. The van der Waals surface area contributed by atoms with Crippen LogP contribution in [0.3, 0.4) is 0 Å². The number of nitrogens with zero attached hydrogens (tertiary/aromatic N) is 6. The molecule has 1 aromatic carbocycles. The fourth-order valence-corrected chi connectivity index (χ4v) is 4.27. The van der Waals surface area contributed by atoms with Crippen LogP contribution >= 0.6 is 0 Å². The first-order valence-corrected chi connectivity index (χ1v) is 11.1. The Morgan fingerprint density at radius 2 is 1.72 bits per heavy atom. The van der Waals surface area contributed by atoms with Crippen molar-refractivity contribution in [1.82, 2.24) is 20.1 Å². The highest BCUT2D eigenvalue weighted by Gasteiger charge is 2.23. The summed E-state index contributed by atoms with van der Waals surface area (Å²) >= 11 is 0. The summed E-state index contributed by atoms with van der Waals surface area (Å²) in [4.78, 5) is 17.8. The van der Waals surface area contributed by atoms with Gasteiger partial charge in [0.1, 0.15) is 17.5 Å². The molecule has 0 saturated carbocycles. The molecule has 2 aromatic rings. The minimum Gasteiger partial charge on any atom is -0.366 e. The number of anilines is 2. The standard InChI is InChI=1S/C23H31F2N7/c1-26-23(32-14-12-30(13-15-32)21-16-19(24)5-6-20(21)25)28-17-18-4-3-7-27-22(18)31-10-8-29(2)9-11-31/h3-7,16H,8-15,17H2,1-2H3,(H,26,28). The van der Waals surface area contributed by atoms with Crippen LogP contribution in [0, 0.1) is 11.6 Å². The van der Waals surface area contributed by atoms with Crippen LogP contribution in [0.2, 0.25) is 0 Å². The average Bonchev–Trinajstić information content (AvgIpc) is 2.82. The van der Waals surface area contributed by atoms with Crippen LogP contribution in [0.4, 0.5) is 20.3 Å². The van der Waals surface area contributed by atoms with Crippen molar-refractivity contribution in [3.05, 3.63) is 53.7 Å². The number of halogens is 2. The lowest BCUT2D eigenvalue weighted by atomic mass is 10.2. The lowest BCUT2D eigenvalue weighted by molar-refractivity contribution is 0.311. The largest absolute Gasteiger partial charge is 0.366 e. The number of aromatic nitrogens is 1. The molecule has 0 bridgehead atoms. The summed E-state index contributed by atoms with van der Waals surface area (Å²) in [6.07, 6.45) is 1.84. The van der Waals surface area contributed by atoms with E-state index in [1.807, 2.05) is 17.2 Å². The number of likely N-dealkylation sites (N-methyl/N-ethyl adjacent to an activating group) is 1. The van der Waals surface area contributed by atoms with Gasteiger partial charge in [0.15, 0.2) is 5.96 Å². The molecule has 172 valence electrons. The molecular formula is C23H31F2N7. The number of benzene rings is 1. The zero-order valence-electron chi connectivity index (χ0n) is 18.8. The number of rotatable bonds is 4. The van der Waals surface area contributed by atoms with Gasteiger partial charge in [0, 0.05) is 83.8 Å². The molecule has 0 radical (unpaired) electrons. The normalized spacial score (nSPS) is 18.2. The van der Waals surface area contributed by atoms with Gasteiger partial charge in [-0.1, -0.05) is 6.07 Å². The molecule has 3 heterocycles. The number of hydrogen-bond donors (Lipinski definition) is 1. The Hall–Kier alpha value is -2.94. The van der Waals surface area contributed by atoms with E-state index >= 15 is 0 Å². The van der Waals surface area contributed by atoms with Crippen molar-refractivity contribution in [2.24, 2.45) is 4.99 Å². The molecule has 2 saturated heterocycles. The molecule has 0 aliphatic carbocycles. The van der Waals surface area contributed by atoms with Crippen LogP contribution < -0.4 is 15.1 Å². The number of hydrogen-bond acceptors (Lipinski definition) is 5. The molecule has 1 aromatic heterocycles. The second-order valence-electron chi connectivity index (χ2n) is 8.25. The second-order valence-corrected chi connectivity index (χ2v) is 8.25. The zero-order chi connectivity index (χ0) is 22.5. The molecule has 4 rings (SSSR count). The van der Waals surface area contributed by atoms with E-state index in [2.05, 4.69) is 43.1 Å². The van der Waals surface area contributed by atoms with Gasteiger partial charge >= 0.3 is 0 Å². The van der Waals surface area contributed by atoms with E-state index < -0.39 is 11.6 Å². The summed E-state index contributed by atoms with van der Waals surface area (Å²) in [5.74, 6) is 1.01. The van der Waals surface area contributed by atoms with Gasteiger partial charge in [-0.25, -0.2) is 13.8 Å². The number of aliphatic imine (C=N–C) groups is 1. The van der Waals surface area contributed by atoms with Crippen molar-refractivity contribution in [2.75, 3.05) is 76.3 Å². The van der Waals surface area contributed by atoms with E-state index in [1.54, 1.807) is 7.05 Å². The maximum atomic E-state index is 14.1. The van der Waals surface area contributed by atoms with Crippen LogP contribution in [0.5, 0.6) is 0 Å². The molecule has 1 N–H and O–H groups in total. The van der Waals surface area contributed by atoms with Gasteiger partial charge in [0.25, 0.3) is 0 Å². The first-order valence-electron chi connectivity index (χ1n) is 11.1. The Morgan fingerprint density at radius 1 is 1.00 bits per heavy atom.